The van der Waals surface area contributed by atoms with Crippen molar-refractivity contribution in [2.24, 2.45) is 0 Å². The summed E-state index contributed by atoms with van der Waals surface area (Å²) in [6.45, 7) is 18.4. The Balaban J connectivity index is 1.59. The zero-order valence-corrected chi connectivity index (χ0v) is 35.7. The van der Waals surface area contributed by atoms with E-state index in [4.69, 9.17) is 23.7 Å². The number of rotatable bonds is 33. The van der Waals surface area contributed by atoms with Gasteiger partial charge >= 0.3 is 23.9 Å². The number of hydrogen-bond donors (Lipinski definition) is 0. The van der Waals surface area contributed by atoms with Crippen molar-refractivity contribution >= 4 is 23.9 Å². The van der Waals surface area contributed by atoms with Gasteiger partial charge in [0.25, 0.3) is 0 Å². The summed E-state index contributed by atoms with van der Waals surface area (Å²) in [6.07, 6.45) is 8.26. The summed E-state index contributed by atoms with van der Waals surface area (Å²) < 4.78 is 26.5. The molecular weight excluding hydrogens is 720 g/mol. The molecule has 0 aromatic carbocycles. The quantitative estimate of drug-likeness (QED) is 0.0547. The molecule has 0 bridgehead atoms. The average molecular weight is 799 g/mol. The highest BCUT2D eigenvalue weighted by atomic mass is 16.6. The van der Waals surface area contributed by atoms with Crippen LogP contribution in [0.15, 0.2) is 0 Å². The fourth-order valence-corrected chi connectivity index (χ4v) is 6.63. The maximum absolute atomic E-state index is 12.6. The maximum Gasteiger partial charge on any atom is 0.307 e. The van der Waals surface area contributed by atoms with E-state index in [1.54, 1.807) is 7.11 Å². The second-order valence-corrected chi connectivity index (χ2v) is 15.3. The topological polar surface area (TPSA) is 134 Å². The number of ether oxygens (including phenoxy) is 5. The summed E-state index contributed by atoms with van der Waals surface area (Å²) in [7, 11) is 5.88. The van der Waals surface area contributed by atoms with Crippen molar-refractivity contribution in [1.82, 2.24) is 29.4 Å². The third-order valence-electron chi connectivity index (χ3n) is 10.5. The van der Waals surface area contributed by atoms with Gasteiger partial charge in [-0.15, -0.1) is 0 Å². The molecule has 15 nitrogen and oxygen atoms in total. The van der Waals surface area contributed by atoms with Gasteiger partial charge in [-0.1, -0.05) is 13.3 Å². The van der Waals surface area contributed by atoms with Crippen LogP contribution in [-0.2, 0) is 42.9 Å². The Morgan fingerprint density at radius 3 is 1.16 bits per heavy atom. The number of carbonyl (C=O) groups is 4. The number of esters is 4. The lowest BCUT2D eigenvalue weighted by Crippen LogP contribution is -2.45. The fraction of sp³-hybridized carbons (Fsp3) is 0.902. The van der Waals surface area contributed by atoms with E-state index in [0.29, 0.717) is 65.4 Å². The molecule has 56 heavy (non-hydrogen) atoms. The predicted molar refractivity (Wildman–Crippen MR) is 218 cm³/mol. The second kappa shape index (κ2) is 32.5. The summed E-state index contributed by atoms with van der Waals surface area (Å²) in [4.78, 5) is 63.5. The molecule has 0 spiro atoms. The van der Waals surface area contributed by atoms with E-state index in [-0.39, 0.29) is 43.3 Å². The molecule has 0 unspecified atom stereocenters. The van der Waals surface area contributed by atoms with Gasteiger partial charge in [-0.05, 0) is 85.2 Å². The fourth-order valence-electron chi connectivity index (χ4n) is 6.63. The molecule has 0 aromatic heterocycles. The highest BCUT2D eigenvalue weighted by Gasteiger charge is 2.18. The summed E-state index contributed by atoms with van der Waals surface area (Å²) >= 11 is 0. The molecule has 326 valence electrons. The summed E-state index contributed by atoms with van der Waals surface area (Å²) in [5, 5.41) is 0. The lowest BCUT2D eigenvalue weighted by molar-refractivity contribution is -0.146. The maximum atomic E-state index is 12.6. The van der Waals surface area contributed by atoms with Gasteiger partial charge < -0.3 is 53.1 Å². The van der Waals surface area contributed by atoms with Crippen LogP contribution in [0.4, 0.5) is 0 Å². The van der Waals surface area contributed by atoms with E-state index in [1.165, 1.54) is 0 Å². The van der Waals surface area contributed by atoms with Crippen LogP contribution in [0, 0.1) is 0 Å². The number of nitrogens with zero attached hydrogens (tertiary/aromatic N) is 6. The zero-order chi connectivity index (χ0) is 40.6. The van der Waals surface area contributed by atoms with E-state index in [1.807, 2.05) is 0 Å². The van der Waals surface area contributed by atoms with Crippen LogP contribution in [0.3, 0.4) is 0 Å². The van der Waals surface area contributed by atoms with Crippen LogP contribution in [0.5, 0.6) is 0 Å². The molecule has 2 aliphatic heterocycles. The van der Waals surface area contributed by atoms with Gasteiger partial charge in [-0.3, -0.25) is 19.2 Å². The number of hydrogen-bond acceptors (Lipinski definition) is 15. The van der Waals surface area contributed by atoms with Crippen molar-refractivity contribution in [2.45, 2.75) is 84.0 Å². The largest absolute Gasteiger partial charge is 0.466 e. The minimum absolute atomic E-state index is 0.181. The van der Waals surface area contributed by atoms with E-state index < -0.39 is 0 Å². The first-order valence-electron chi connectivity index (χ1n) is 21.6. The van der Waals surface area contributed by atoms with Crippen molar-refractivity contribution in [3.8, 4) is 0 Å². The molecule has 2 saturated heterocycles. The first-order chi connectivity index (χ1) is 27.2. The van der Waals surface area contributed by atoms with Crippen LogP contribution < -0.4 is 0 Å². The molecule has 2 heterocycles. The van der Waals surface area contributed by atoms with Gasteiger partial charge in [-0.25, -0.2) is 0 Å². The van der Waals surface area contributed by atoms with Gasteiger partial charge in [-0.2, -0.15) is 0 Å². The van der Waals surface area contributed by atoms with E-state index in [9.17, 15) is 19.2 Å². The Hall–Kier alpha value is -2.40. The average Bonchev–Trinajstić information content (AvgIpc) is 3.19. The number of unbranched alkanes of at least 4 members (excludes halogenated alkanes) is 4. The molecule has 0 atom stereocenters. The number of carbonyl (C=O) groups excluding carboxylic acids is 4. The van der Waals surface area contributed by atoms with E-state index in [2.05, 4.69) is 50.4 Å². The van der Waals surface area contributed by atoms with Crippen LogP contribution >= 0.6 is 0 Å². The molecule has 2 rings (SSSR count). The number of likely N-dealkylation sites (N-methyl/N-ethyl adjacent to an activating group) is 2. The Kier molecular flexibility index (Phi) is 28.9. The molecule has 0 radical (unpaired) electrons. The summed E-state index contributed by atoms with van der Waals surface area (Å²) in [5.41, 5.74) is 0. The van der Waals surface area contributed by atoms with Gasteiger partial charge in [0.1, 0.15) is 6.61 Å². The molecule has 0 aromatic rings. The summed E-state index contributed by atoms with van der Waals surface area (Å²) in [6, 6.07) is 0. The van der Waals surface area contributed by atoms with Gasteiger partial charge in [0.05, 0.1) is 52.1 Å². The molecule has 2 fully saturated rings. The third-order valence-corrected chi connectivity index (χ3v) is 10.5. The second-order valence-electron chi connectivity index (χ2n) is 15.3. The first-order valence-corrected chi connectivity index (χ1v) is 21.6. The molecule has 0 saturated carbocycles. The lowest BCUT2D eigenvalue weighted by Gasteiger charge is -2.33. The van der Waals surface area contributed by atoms with E-state index >= 15 is 0 Å². The first kappa shape index (κ1) is 49.7. The standard InChI is InChI=1S/C41H78N6O9/c1-5-6-33-53-38(48)13-21-44(17-11-19-46-29-25-42(2)26-30-46)22-14-39(49)54-34-9-7-8-10-35-55-40(50)15-23-45(24-16-41(51)56-37-36-52-4)18-12-20-47-31-27-43(3)28-32-47/h5-37H2,1-4H3. The van der Waals surface area contributed by atoms with Crippen molar-refractivity contribution in [2.75, 3.05) is 159 Å². The highest BCUT2D eigenvalue weighted by Crippen LogP contribution is 2.08. The van der Waals surface area contributed by atoms with Crippen molar-refractivity contribution in [3.63, 3.8) is 0 Å². The Bertz CT molecular complexity index is 961. The SMILES string of the molecule is CCCCOC(=O)CCN(CCCN1CCN(C)CC1)CCC(=O)OCCCCCCOC(=O)CCN(CCCN1CCN(C)CC1)CCC(=O)OCCOC. The minimum atomic E-state index is -0.258. The van der Waals surface area contributed by atoms with Gasteiger partial charge in [0.15, 0.2) is 0 Å². The van der Waals surface area contributed by atoms with Crippen molar-refractivity contribution in [3.05, 3.63) is 0 Å². The predicted octanol–water partition coefficient (Wildman–Crippen LogP) is 2.61. The molecule has 15 heteroatoms. The Morgan fingerprint density at radius 2 is 0.804 bits per heavy atom. The Morgan fingerprint density at radius 1 is 0.446 bits per heavy atom. The minimum Gasteiger partial charge on any atom is -0.466 e. The smallest absolute Gasteiger partial charge is 0.307 e. The van der Waals surface area contributed by atoms with E-state index in [0.717, 1.165) is 130 Å². The van der Waals surface area contributed by atoms with Crippen LogP contribution in [0.2, 0.25) is 0 Å². The number of piperazine rings is 2. The molecular formula is C41H78N6O9. The number of methoxy groups -OCH3 is 1. The zero-order valence-electron chi connectivity index (χ0n) is 35.7. The molecule has 0 N–H and O–H groups in total. The lowest BCUT2D eigenvalue weighted by atomic mass is 10.2. The van der Waals surface area contributed by atoms with Crippen LogP contribution in [-0.4, -0.2) is 212 Å². The van der Waals surface area contributed by atoms with Crippen LogP contribution in [0.25, 0.3) is 0 Å². The van der Waals surface area contributed by atoms with Crippen LogP contribution in [0.1, 0.15) is 84.0 Å². The van der Waals surface area contributed by atoms with Crippen molar-refractivity contribution < 1.29 is 42.9 Å². The molecule has 2 aliphatic rings. The molecule has 0 aliphatic carbocycles. The third kappa shape index (κ3) is 26.5. The highest BCUT2D eigenvalue weighted by molar-refractivity contribution is 5.71. The monoisotopic (exact) mass is 799 g/mol. The van der Waals surface area contributed by atoms with Gasteiger partial charge in [0.2, 0.25) is 0 Å². The summed E-state index contributed by atoms with van der Waals surface area (Å²) in [5.74, 6) is -0.886. The molecule has 0 amide bonds. The normalized spacial score (nSPS) is 16.0. The Labute approximate surface area is 338 Å². The van der Waals surface area contributed by atoms with Crippen molar-refractivity contribution in [1.29, 1.82) is 0 Å². The van der Waals surface area contributed by atoms with Gasteiger partial charge in [0, 0.05) is 85.6 Å².